The van der Waals surface area contributed by atoms with E-state index in [4.69, 9.17) is 9.84 Å². The average Bonchev–Trinajstić information content (AvgIpc) is 2.56. The fourth-order valence-electron chi connectivity index (χ4n) is 2.45. The van der Waals surface area contributed by atoms with Crippen LogP contribution in [0.3, 0.4) is 0 Å². The van der Waals surface area contributed by atoms with Gasteiger partial charge in [0.15, 0.2) is 0 Å². The molecule has 0 bridgehead atoms. The highest BCUT2D eigenvalue weighted by Crippen LogP contribution is 2.20. The number of ether oxygens (including phenoxy) is 1. The van der Waals surface area contributed by atoms with Crippen LogP contribution in [0.5, 0.6) is 5.75 Å². The Morgan fingerprint density at radius 2 is 2.00 bits per heavy atom. The van der Waals surface area contributed by atoms with Crippen molar-refractivity contribution in [1.82, 2.24) is 4.90 Å². The minimum atomic E-state index is -0.0769. The normalized spacial score (nSPS) is 17.1. The van der Waals surface area contributed by atoms with Crippen LogP contribution in [0.1, 0.15) is 33.1 Å². The van der Waals surface area contributed by atoms with E-state index in [1.807, 2.05) is 31.2 Å². The summed E-state index contributed by atoms with van der Waals surface area (Å²) in [5.41, 5.74) is 0.769. The number of carbonyl (C=O) groups excluding carboxylic acids is 1. The van der Waals surface area contributed by atoms with Crippen LogP contribution in [-0.4, -0.2) is 41.8 Å². The Bertz CT molecular complexity index is 467. The van der Waals surface area contributed by atoms with Crippen molar-refractivity contribution in [2.75, 3.05) is 25.0 Å². The lowest BCUT2D eigenvalue weighted by Crippen LogP contribution is -2.41. The van der Waals surface area contributed by atoms with Crippen molar-refractivity contribution in [3.05, 3.63) is 24.3 Å². The first kappa shape index (κ1) is 16.6. The predicted molar refractivity (Wildman–Crippen MR) is 87.2 cm³/mol. The number of hydrogen-bond donors (Lipinski definition) is 2. The molecule has 1 heterocycles. The standard InChI is InChI=1S/C17H26N2O3/c1-3-13(2)22-16-6-4-15(5-7-16)18-17(21)19-10-8-14(12-20)9-11-19/h4-7,13-14,20H,3,8-12H2,1-2H3,(H,18,21). The summed E-state index contributed by atoms with van der Waals surface area (Å²) in [5.74, 6) is 1.15. The molecule has 5 nitrogen and oxygen atoms in total. The van der Waals surface area contributed by atoms with E-state index in [0.29, 0.717) is 19.0 Å². The van der Waals surface area contributed by atoms with E-state index >= 15 is 0 Å². The van der Waals surface area contributed by atoms with Gasteiger partial charge >= 0.3 is 6.03 Å². The molecule has 0 aromatic heterocycles. The Morgan fingerprint density at radius 1 is 1.36 bits per heavy atom. The van der Waals surface area contributed by atoms with Crippen molar-refractivity contribution >= 4 is 11.7 Å². The Labute approximate surface area is 132 Å². The number of rotatable bonds is 5. The highest BCUT2D eigenvalue weighted by atomic mass is 16.5. The van der Waals surface area contributed by atoms with Crippen LogP contribution in [0.15, 0.2) is 24.3 Å². The lowest BCUT2D eigenvalue weighted by atomic mass is 9.98. The molecule has 0 spiro atoms. The molecule has 22 heavy (non-hydrogen) atoms. The van der Waals surface area contributed by atoms with Gasteiger partial charge in [-0.15, -0.1) is 0 Å². The fourth-order valence-corrected chi connectivity index (χ4v) is 2.45. The van der Waals surface area contributed by atoms with E-state index in [9.17, 15) is 4.79 Å². The first-order valence-electron chi connectivity index (χ1n) is 8.06. The predicted octanol–water partition coefficient (Wildman–Crippen LogP) is 3.10. The second-order valence-electron chi connectivity index (χ2n) is 5.90. The van der Waals surface area contributed by atoms with Crippen LogP contribution in [0, 0.1) is 5.92 Å². The summed E-state index contributed by atoms with van der Waals surface area (Å²) in [6, 6.07) is 7.39. The summed E-state index contributed by atoms with van der Waals surface area (Å²) in [7, 11) is 0. The van der Waals surface area contributed by atoms with Gasteiger partial charge in [0.25, 0.3) is 0 Å². The molecule has 2 amide bonds. The van der Waals surface area contributed by atoms with Gasteiger partial charge in [-0.05, 0) is 56.4 Å². The monoisotopic (exact) mass is 306 g/mol. The maximum Gasteiger partial charge on any atom is 0.321 e. The summed E-state index contributed by atoms with van der Waals surface area (Å²) in [5, 5.41) is 12.0. The van der Waals surface area contributed by atoms with E-state index in [1.165, 1.54) is 0 Å². The largest absolute Gasteiger partial charge is 0.491 e. The molecule has 1 atom stereocenters. The number of benzene rings is 1. The van der Waals surface area contributed by atoms with Crippen LogP contribution in [0.2, 0.25) is 0 Å². The number of amides is 2. The van der Waals surface area contributed by atoms with E-state index in [-0.39, 0.29) is 18.7 Å². The average molecular weight is 306 g/mol. The lowest BCUT2D eigenvalue weighted by Gasteiger charge is -2.31. The molecule has 1 fully saturated rings. The maximum absolute atomic E-state index is 12.2. The summed E-state index contributed by atoms with van der Waals surface area (Å²) in [6.45, 7) is 5.73. The molecule has 5 heteroatoms. The molecule has 1 saturated heterocycles. The number of aliphatic hydroxyl groups is 1. The quantitative estimate of drug-likeness (QED) is 0.878. The van der Waals surface area contributed by atoms with Crippen LogP contribution >= 0.6 is 0 Å². The van der Waals surface area contributed by atoms with Gasteiger partial charge in [0.2, 0.25) is 0 Å². The third-order valence-electron chi connectivity index (χ3n) is 4.18. The molecule has 1 aromatic carbocycles. The molecule has 1 aromatic rings. The Balaban J connectivity index is 1.84. The number of nitrogens with one attached hydrogen (secondary N) is 1. The van der Waals surface area contributed by atoms with Gasteiger partial charge in [-0.25, -0.2) is 4.79 Å². The third-order valence-corrected chi connectivity index (χ3v) is 4.18. The minimum Gasteiger partial charge on any atom is -0.491 e. The van der Waals surface area contributed by atoms with E-state index in [2.05, 4.69) is 12.2 Å². The van der Waals surface area contributed by atoms with Crippen molar-refractivity contribution < 1.29 is 14.6 Å². The highest BCUT2D eigenvalue weighted by Gasteiger charge is 2.22. The van der Waals surface area contributed by atoms with Gasteiger partial charge in [-0.1, -0.05) is 6.92 Å². The first-order chi connectivity index (χ1) is 10.6. The first-order valence-corrected chi connectivity index (χ1v) is 8.06. The zero-order valence-electron chi connectivity index (χ0n) is 13.4. The van der Waals surface area contributed by atoms with Gasteiger partial charge in [0, 0.05) is 25.4 Å². The molecule has 1 unspecified atom stereocenters. The molecule has 0 aliphatic carbocycles. The van der Waals surface area contributed by atoms with Crippen LogP contribution in [0.4, 0.5) is 10.5 Å². The molecule has 2 rings (SSSR count). The van der Waals surface area contributed by atoms with Crippen molar-refractivity contribution in [3.63, 3.8) is 0 Å². The van der Waals surface area contributed by atoms with Gasteiger partial charge in [-0.3, -0.25) is 0 Å². The van der Waals surface area contributed by atoms with Crippen molar-refractivity contribution in [2.45, 2.75) is 39.2 Å². The number of nitrogens with zero attached hydrogens (tertiary/aromatic N) is 1. The molecule has 2 N–H and O–H groups in total. The third kappa shape index (κ3) is 4.63. The Hall–Kier alpha value is -1.75. The molecule has 0 radical (unpaired) electrons. The van der Waals surface area contributed by atoms with Crippen LogP contribution in [0.25, 0.3) is 0 Å². The summed E-state index contributed by atoms with van der Waals surface area (Å²) in [4.78, 5) is 14.0. The molecule has 1 aliphatic rings. The highest BCUT2D eigenvalue weighted by molar-refractivity contribution is 5.89. The van der Waals surface area contributed by atoms with Gasteiger partial charge in [-0.2, -0.15) is 0 Å². The zero-order valence-corrected chi connectivity index (χ0v) is 13.4. The molecule has 122 valence electrons. The summed E-state index contributed by atoms with van der Waals surface area (Å²) < 4.78 is 5.72. The SMILES string of the molecule is CCC(C)Oc1ccc(NC(=O)N2CCC(CO)CC2)cc1. The van der Waals surface area contributed by atoms with Crippen LogP contribution in [-0.2, 0) is 0 Å². The minimum absolute atomic E-state index is 0.0769. The van der Waals surface area contributed by atoms with Crippen molar-refractivity contribution in [3.8, 4) is 5.75 Å². The Kier molecular flexibility index (Phi) is 6.07. The molecular weight excluding hydrogens is 280 g/mol. The Morgan fingerprint density at radius 3 is 2.55 bits per heavy atom. The number of likely N-dealkylation sites (tertiary alicyclic amines) is 1. The number of hydrogen-bond acceptors (Lipinski definition) is 3. The summed E-state index contributed by atoms with van der Waals surface area (Å²) in [6.07, 6.45) is 2.88. The number of anilines is 1. The van der Waals surface area contributed by atoms with Crippen molar-refractivity contribution in [2.24, 2.45) is 5.92 Å². The van der Waals surface area contributed by atoms with Gasteiger partial charge < -0.3 is 20.1 Å². The number of aliphatic hydroxyl groups excluding tert-OH is 1. The maximum atomic E-state index is 12.2. The summed E-state index contributed by atoms with van der Waals surface area (Å²) >= 11 is 0. The van der Waals surface area contributed by atoms with Gasteiger partial charge in [0.05, 0.1) is 6.10 Å². The fraction of sp³-hybridized carbons (Fsp3) is 0.588. The topological polar surface area (TPSA) is 61.8 Å². The lowest BCUT2D eigenvalue weighted by molar-refractivity contribution is 0.143. The smallest absolute Gasteiger partial charge is 0.321 e. The van der Waals surface area contributed by atoms with Crippen LogP contribution < -0.4 is 10.1 Å². The number of carbonyl (C=O) groups is 1. The number of piperidine rings is 1. The second-order valence-corrected chi connectivity index (χ2v) is 5.90. The molecular formula is C17H26N2O3. The van der Waals surface area contributed by atoms with E-state index in [0.717, 1.165) is 30.7 Å². The zero-order chi connectivity index (χ0) is 15.9. The van der Waals surface area contributed by atoms with Gasteiger partial charge in [0.1, 0.15) is 5.75 Å². The molecule has 0 saturated carbocycles. The number of urea groups is 1. The molecule has 1 aliphatic heterocycles. The van der Waals surface area contributed by atoms with Crippen molar-refractivity contribution in [1.29, 1.82) is 0 Å². The second kappa shape index (κ2) is 8.03. The van der Waals surface area contributed by atoms with E-state index in [1.54, 1.807) is 4.90 Å². The van der Waals surface area contributed by atoms with E-state index < -0.39 is 0 Å².